The van der Waals surface area contributed by atoms with Crippen molar-refractivity contribution in [3.05, 3.63) is 212 Å². The quantitative estimate of drug-likeness (QED) is 0.153. The highest BCUT2D eigenvalue weighted by Gasteiger charge is 2.19. The van der Waals surface area contributed by atoms with Crippen LogP contribution in [-0.2, 0) is 0 Å². The van der Waals surface area contributed by atoms with E-state index in [2.05, 4.69) is 78.9 Å². The van der Waals surface area contributed by atoms with Crippen LogP contribution in [0.15, 0.2) is 206 Å². The highest BCUT2D eigenvalue weighted by atomic mass is 15.0. The van der Waals surface area contributed by atoms with Crippen molar-refractivity contribution in [2.45, 2.75) is 0 Å². The Labute approximate surface area is 347 Å². The normalized spacial score (nSPS) is 11.0. The van der Waals surface area contributed by atoms with Gasteiger partial charge in [0.05, 0.1) is 22.8 Å². The molecule has 6 heteroatoms. The third kappa shape index (κ3) is 6.97. The molecule has 0 atom stereocenters. The minimum Gasteiger partial charge on any atom is -0.228 e. The smallest absolute Gasteiger partial charge is 0.164 e. The molecule has 0 aliphatic carbocycles. The van der Waals surface area contributed by atoms with E-state index in [9.17, 15) is 5.26 Å². The summed E-state index contributed by atoms with van der Waals surface area (Å²) in [6.07, 6.45) is 0. The largest absolute Gasteiger partial charge is 0.228 e. The molecule has 0 fully saturated rings. The summed E-state index contributed by atoms with van der Waals surface area (Å²) in [5.41, 5.74) is 12.8. The van der Waals surface area contributed by atoms with Gasteiger partial charge in [0.15, 0.2) is 23.3 Å². The van der Waals surface area contributed by atoms with E-state index in [1.807, 2.05) is 133 Å². The number of benzene rings is 8. The fraction of sp³-hybridized carbons (Fsp3) is 0. The van der Waals surface area contributed by atoms with Crippen LogP contribution >= 0.6 is 0 Å². The van der Waals surface area contributed by atoms with Crippen LogP contribution in [0.3, 0.4) is 0 Å². The van der Waals surface area contributed by atoms with Crippen molar-refractivity contribution >= 4 is 10.9 Å². The lowest BCUT2D eigenvalue weighted by Crippen LogP contribution is -2.01. The van der Waals surface area contributed by atoms with Crippen LogP contribution in [0.2, 0.25) is 0 Å². The van der Waals surface area contributed by atoms with Gasteiger partial charge in [0.1, 0.15) is 0 Å². The summed E-state index contributed by atoms with van der Waals surface area (Å²) < 4.78 is 0. The van der Waals surface area contributed by atoms with Crippen molar-refractivity contribution < 1.29 is 0 Å². The van der Waals surface area contributed by atoms with E-state index in [1.165, 1.54) is 0 Å². The molecule has 0 bridgehead atoms. The van der Waals surface area contributed by atoms with Crippen LogP contribution < -0.4 is 0 Å². The van der Waals surface area contributed by atoms with E-state index in [1.54, 1.807) is 0 Å². The van der Waals surface area contributed by atoms with Crippen molar-refractivity contribution in [2.24, 2.45) is 0 Å². The Morgan fingerprint density at radius 1 is 0.300 bits per heavy atom. The van der Waals surface area contributed by atoms with Gasteiger partial charge in [-0.25, -0.2) is 24.9 Å². The van der Waals surface area contributed by atoms with Gasteiger partial charge in [0.2, 0.25) is 0 Å². The Kier molecular flexibility index (Phi) is 9.51. The summed E-state index contributed by atoms with van der Waals surface area (Å²) in [4.78, 5) is 25.6. The molecule has 10 rings (SSSR count). The van der Waals surface area contributed by atoms with Gasteiger partial charge in [-0.3, -0.25) is 0 Å². The number of nitriles is 1. The fourth-order valence-electron chi connectivity index (χ4n) is 7.73. The SMILES string of the molecule is N#Cc1ccccc1-c1cccc(-c2nc(-c3ccccc3)nc(-c3ccccc3-c3cccc(-c4ccccc4-c4nc(-c5ccccc5)c5ccccc5n4)c3)n2)c1. The maximum Gasteiger partial charge on any atom is 0.164 e. The maximum atomic E-state index is 9.85. The summed E-state index contributed by atoms with van der Waals surface area (Å²) in [6, 6.07) is 71.6. The zero-order valence-corrected chi connectivity index (χ0v) is 32.3. The molecule has 0 radical (unpaired) electrons. The maximum absolute atomic E-state index is 9.85. The zero-order chi connectivity index (χ0) is 40.3. The van der Waals surface area contributed by atoms with E-state index in [0.29, 0.717) is 28.9 Å². The van der Waals surface area contributed by atoms with Gasteiger partial charge in [0, 0.05) is 33.2 Å². The number of nitrogens with zero attached hydrogens (tertiary/aromatic N) is 6. The molecular weight excluding hydrogens is 733 g/mol. The van der Waals surface area contributed by atoms with E-state index in [4.69, 9.17) is 24.9 Å². The van der Waals surface area contributed by atoms with Crippen molar-refractivity contribution in [1.82, 2.24) is 24.9 Å². The highest BCUT2D eigenvalue weighted by molar-refractivity contribution is 5.95. The number of aromatic nitrogens is 5. The van der Waals surface area contributed by atoms with Crippen LogP contribution in [0.1, 0.15) is 5.56 Å². The minimum absolute atomic E-state index is 0.540. The van der Waals surface area contributed by atoms with Gasteiger partial charge >= 0.3 is 0 Å². The van der Waals surface area contributed by atoms with E-state index in [-0.39, 0.29) is 0 Å². The average molecular weight is 767 g/mol. The molecule has 8 aromatic carbocycles. The van der Waals surface area contributed by atoms with Crippen LogP contribution in [-0.4, -0.2) is 24.9 Å². The van der Waals surface area contributed by atoms with Crippen molar-refractivity contribution in [2.75, 3.05) is 0 Å². The Bertz CT molecular complexity index is 3230. The van der Waals surface area contributed by atoms with Gasteiger partial charge < -0.3 is 0 Å². The molecular formula is C54H34N6. The van der Waals surface area contributed by atoms with Crippen LogP contribution in [0.4, 0.5) is 0 Å². The Morgan fingerprint density at radius 3 is 1.38 bits per heavy atom. The molecule has 60 heavy (non-hydrogen) atoms. The van der Waals surface area contributed by atoms with Crippen molar-refractivity contribution in [3.63, 3.8) is 0 Å². The lowest BCUT2D eigenvalue weighted by atomic mass is 9.93. The van der Waals surface area contributed by atoms with E-state index >= 15 is 0 Å². The lowest BCUT2D eigenvalue weighted by molar-refractivity contribution is 1.07. The first-order chi connectivity index (χ1) is 29.7. The number of rotatable bonds is 8. The molecule has 0 unspecified atom stereocenters. The second-order valence-corrected chi connectivity index (χ2v) is 14.4. The Hall–Kier alpha value is -8.40. The molecule has 0 aliphatic rings. The van der Waals surface area contributed by atoms with Gasteiger partial charge in [-0.15, -0.1) is 0 Å². The highest BCUT2D eigenvalue weighted by Crippen LogP contribution is 2.38. The summed E-state index contributed by atoms with van der Waals surface area (Å²) in [5, 5.41) is 10.9. The van der Waals surface area contributed by atoms with Gasteiger partial charge in [0.25, 0.3) is 0 Å². The van der Waals surface area contributed by atoms with Crippen molar-refractivity contribution in [1.29, 1.82) is 5.26 Å². The lowest BCUT2D eigenvalue weighted by Gasteiger charge is -2.15. The monoisotopic (exact) mass is 766 g/mol. The first-order valence-electron chi connectivity index (χ1n) is 19.7. The molecule has 0 saturated heterocycles. The summed E-state index contributed by atoms with van der Waals surface area (Å²) in [7, 11) is 0. The molecule has 10 aromatic rings. The molecule has 0 amide bonds. The third-order valence-corrected chi connectivity index (χ3v) is 10.6. The number of para-hydroxylation sites is 1. The van der Waals surface area contributed by atoms with E-state index in [0.717, 1.165) is 77.8 Å². The number of fused-ring (bicyclic) bond motifs is 1. The minimum atomic E-state index is 0.540. The molecule has 6 nitrogen and oxygen atoms in total. The third-order valence-electron chi connectivity index (χ3n) is 10.6. The summed E-state index contributed by atoms with van der Waals surface area (Å²) >= 11 is 0. The molecule has 2 heterocycles. The summed E-state index contributed by atoms with van der Waals surface area (Å²) in [6.45, 7) is 0. The molecule has 280 valence electrons. The number of hydrogen-bond donors (Lipinski definition) is 0. The molecule has 0 aliphatic heterocycles. The fourth-order valence-corrected chi connectivity index (χ4v) is 7.73. The van der Waals surface area contributed by atoms with Crippen molar-refractivity contribution in [3.8, 4) is 96.3 Å². The second kappa shape index (κ2) is 15.9. The van der Waals surface area contributed by atoms with Gasteiger partial charge in [-0.1, -0.05) is 182 Å². The topological polar surface area (TPSA) is 88.2 Å². The summed E-state index contributed by atoms with van der Waals surface area (Å²) in [5.74, 6) is 2.33. The van der Waals surface area contributed by atoms with Crippen LogP contribution in [0.25, 0.3) is 101 Å². The zero-order valence-electron chi connectivity index (χ0n) is 32.3. The molecule has 2 aromatic heterocycles. The first kappa shape index (κ1) is 36.0. The molecule has 0 spiro atoms. The van der Waals surface area contributed by atoms with Gasteiger partial charge in [-0.2, -0.15) is 5.26 Å². The first-order valence-corrected chi connectivity index (χ1v) is 19.7. The predicted molar refractivity (Wildman–Crippen MR) is 241 cm³/mol. The standard InChI is InChI=1S/C54H34N6/c55-35-42-21-7-8-26-43(42)38-22-16-25-41(34-38)52-58-51(37-19-5-2-6-20-37)59-54(60-52)47-30-12-10-28-45(47)40-24-15-23-39(33-40)44-27-9-11-29-46(44)53-56-49-32-14-13-31-48(49)50(57-53)36-17-3-1-4-18-36/h1-34H. The second-order valence-electron chi connectivity index (χ2n) is 14.4. The Morgan fingerprint density at radius 2 is 0.733 bits per heavy atom. The average Bonchev–Trinajstić information content (AvgIpc) is 3.34. The van der Waals surface area contributed by atoms with E-state index < -0.39 is 0 Å². The number of hydrogen-bond acceptors (Lipinski definition) is 6. The predicted octanol–water partition coefficient (Wildman–Crippen LogP) is 13.0. The Balaban J connectivity index is 1.09. The van der Waals surface area contributed by atoms with Gasteiger partial charge in [-0.05, 0) is 57.6 Å². The van der Waals surface area contributed by atoms with Crippen LogP contribution in [0.5, 0.6) is 0 Å². The molecule has 0 saturated carbocycles. The van der Waals surface area contributed by atoms with Crippen LogP contribution in [0, 0.1) is 11.3 Å². The molecule has 0 N–H and O–H groups in total.